The Kier molecular flexibility index (Phi) is 8.89. The zero-order valence-corrected chi connectivity index (χ0v) is 19.1. The van der Waals surface area contributed by atoms with E-state index in [0.29, 0.717) is 6.54 Å². The maximum atomic E-state index is 13.6. The van der Waals surface area contributed by atoms with Crippen LogP contribution in [0.4, 0.5) is 0 Å². The fourth-order valence-corrected chi connectivity index (χ4v) is 4.97. The van der Waals surface area contributed by atoms with Crippen molar-refractivity contribution >= 4 is 17.7 Å². The van der Waals surface area contributed by atoms with Crippen molar-refractivity contribution in [2.75, 3.05) is 20.2 Å². The number of amides is 3. The monoisotopic (exact) mass is 421 g/mol. The van der Waals surface area contributed by atoms with Crippen molar-refractivity contribution in [2.24, 2.45) is 29.6 Å². The Hall–Kier alpha value is -1.89. The molecule has 7 heteroatoms. The molecule has 1 heterocycles. The number of hydrogen-bond acceptors (Lipinski definition) is 4. The molecule has 1 fully saturated rings. The Morgan fingerprint density at radius 1 is 1.20 bits per heavy atom. The summed E-state index contributed by atoms with van der Waals surface area (Å²) in [6, 6.07) is -1.15. The van der Waals surface area contributed by atoms with Gasteiger partial charge in [0.25, 0.3) is 0 Å². The molecule has 0 radical (unpaired) electrons. The molecule has 0 aromatic rings. The first-order valence-electron chi connectivity index (χ1n) is 11.4. The van der Waals surface area contributed by atoms with Crippen LogP contribution in [0, 0.1) is 29.6 Å². The molecule has 0 spiro atoms. The molecular weight excluding hydrogens is 382 g/mol. The first-order valence-corrected chi connectivity index (χ1v) is 11.4. The summed E-state index contributed by atoms with van der Waals surface area (Å²) in [4.78, 5) is 41.2. The number of allylic oxidation sites excluding steroid dienone is 1. The molecule has 170 valence electrons. The zero-order chi connectivity index (χ0) is 22.4. The average Bonchev–Trinajstić information content (AvgIpc) is 3.03. The van der Waals surface area contributed by atoms with Crippen LogP contribution in [0.3, 0.4) is 0 Å². The van der Waals surface area contributed by atoms with Crippen molar-refractivity contribution in [3.8, 4) is 0 Å². The molecule has 30 heavy (non-hydrogen) atoms. The summed E-state index contributed by atoms with van der Waals surface area (Å²) in [6.07, 6.45) is 7.64. The smallest absolute Gasteiger partial charge is 0.243 e. The molecule has 0 aromatic carbocycles. The quantitative estimate of drug-likeness (QED) is 0.369. The summed E-state index contributed by atoms with van der Waals surface area (Å²) in [6.45, 7) is 8.39. The SMILES string of the molecule is CCCCCNC(=O)[C@@H]1[C@H]2C=C[C@@H](C)[C@@H](C(=O)NC)[C@@H]2C(=O)N1[C@@H](CO)[C@@H](C)CC. The number of fused-ring (bicyclic) bond motifs is 1. The van der Waals surface area contributed by atoms with E-state index >= 15 is 0 Å². The van der Waals surface area contributed by atoms with Crippen molar-refractivity contribution in [3.05, 3.63) is 12.2 Å². The van der Waals surface area contributed by atoms with Crippen molar-refractivity contribution < 1.29 is 19.5 Å². The number of aliphatic hydroxyl groups is 1. The minimum absolute atomic E-state index is 0.0364. The van der Waals surface area contributed by atoms with E-state index in [1.807, 2.05) is 32.9 Å². The van der Waals surface area contributed by atoms with E-state index in [1.54, 1.807) is 11.9 Å². The van der Waals surface area contributed by atoms with E-state index in [1.165, 1.54) is 0 Å². The zero-order valence-electron chi connectivity index (χ0n) is 19.1. The third kappa shape index (κ3) is 4.71. The Balaban J connectivity index is 2.42. The molecule has 0 bridgehead atoms. The van der Waals surface area contributed by atoms with Crippen molar-refractivity contribution in [1.82, 2.24) is 15.5 Å². The van der Waals surface area contributed by atoms with Crippen LogP contribution in [-0.2, 0) is 14.4 Å². The van der Waals surface area contributed by atoms with Crippen LogP contribution in [0.15, 0.2) is 12.2 Å². The number of rotatable bonds is 10. The van der Waals surface area contributed by atoms with Gasteiger partial charge in [-0.15, -0.1) is 0 Å². The second kappa shape index (κ2) is 10.9. The van der Waals surface area contributed by atoms with Crippen molar-refractivity contribution in [3.63, 3.8) is 0 Å². The predicted octanol–water partition coefficient (Wildman–Crippen LogP) is 1.71. The van der Waals surface area contributed by atoms with Gasteiger partial charge in [-0.2, -0.15) is 0 Å². The van der Waals surface area contributed by atoms with Crippen LogP contribution >= 0.6 is 0 Å². The molecule has 7 nitrogen and oxygen atoms in total. The van der Waals surface area contributed by atoms with E-state index < -0.39 is 23.9 Å². The number of carbonyl (C=O) groups is 3. The maximum Gasteiger partial charge on any atom is 0.243 e. The first kappa shape index (κ1) is 24.4. The highest BCUT2D eigenvalue weighted by Gasteiger charge is 2.58. The highest BCUT2D eigenvalue weighted by Crippen LogP contribution is 2.45. The summed E-state index contributed by atoms with van der Waals surface area (Å²) in [5, 5.41) is 15.8. The van der Waals surface area contributed by atoms with Crippen LogP contribution in [0.2, 0.25) is 0 Å². The summed E-state index contributed by atoms with van der Waals surface area (Å²) in [5.41, 5.74) is 0. The minimum atomic E-state index is -0.703. The number of aliphatic hydroxyl groups excluding tert-OH is 1. The number of likely N-dealkylation sites (tertiary alicyclic amines) is 1. The molecule has 0 saturated carbocycles. The van der Waals surface area contributed by atoms with E-state index in [4.69, 9.17) is 0 Å². The van der Waals surface area contributed by atoms with Gasteiger partial charge in [-0.1, -0.05) is 59.1 Å². The highest BCUT2D eigenvalue weighted by atomic mass is 16.3. The van der Waals surface area contributed by atoms with Gasteiger partial charge in [-0.3, -0.25) is 14.4 Å². The summed E-state index contributed by atoms with van der Waals surface area (Å²) >= 11 is 0. The standard InChI is InChI=1S/C23H39N3O4/c1-6-8-9-12-25-22(29)20-16-11-10-15(4)18(21(28)24-5)19(16)23(30)26(20)17(13-27)14(3)7-2/h10-11,14-20,27H,6-9,12-13H2,1-5H3,(H,24,28)(H,25,29)/t14-,15+,16-,17-,18+,19+,20-/m0/s1. The van der Waals surface area contributed by atoms with Crippen LogP contribution < -0.4 is 10.6 Å². The molecule has 3 amide bonds. The summed E-state index contributed by atoms with van der Waals surface area (Å²) < 4.78 is 0. The van der Waals surface area contributed by atoms with Crippen molar-refractivity contribution in [1.29, 1.82) is 0 Å². The first-order chi connectivity index (χ1) is 14.3. The Morgan fingerprint density at radius 2 is 1.90 bits per heavy atom. The molecule has 7 atom stereocenters. The van der Waals surface area contributed by atoms with Gasteiger partial charge < -0.3 is 20.6 Å². The van der Waals surface area contributed by atoms with Gasteiger partial charge in [0.15, 0.2) is 0 Å². The number of nitrogens with zero attached hydrogens (tertiary/aromatic N) is 1. The van der Waals surface area contributed by atoms with Gasteiger partial charge in [0.05, 0.1) is 24.5 Å². The number of unbranched alkanes of at least 4 members (excludes halogenated alkanes) is 2. The fourth-order valence-electron chi connectivity index (χ4n) is 4.97. The molecule has 0 unspecified atom stereocenters. The molecule has 3 N–H and O–H groups in total. The maximum absolute atomic E-state index is 13.6. The van der Waals surface area contributed by atoms with Crippen LogP contribution in [0.25, 0.3) is 0 Å². The summed E-state index contributed by atoms with van der Waals surface area (Å²) in [7, 11) is 1.58. The lowest BCUT2D eigenvalue weighted by atomic mass is 9.70. The van der Waals surface area contributed by atoms with Gasteiger partial charge >= 0.3 is 0 Å². The molecule has 1 aliphatic carbocycles. The minimum Gasteiger partial charge on any atom is -0.394 e. The topological polar surface area (TPSA) is 98.7 Å². The van der Waals surface area contributed by atoms with Gasteiger partial charge in [-0.05, 0) is 18.3 Å². The van der Waals surface area contributed by atoms with E-state index in [-0.39, 0.29) is 42.1 Å². The molecule has 2 aliphatic rings. The molecule has 1 saturated heterocycles. The molecular formula is C23H39N3O4. The van der Waals surface area contributed by atoms with E-state index in [2.05, 4.69) is 17.6 Å². The van der Waals surface area contributed by atoms with Crippen molar-refractivity contribution in [2.45, 2.75) is 65.5 Å². The lowest BCUT2D eigenvalue weighted by molar-refractivity contribution is -0.144. The van der Waals surface area contributed by atoms with Gasteiger partial charge in [0.2, 0.25) is 17.7 Å². The van der Waals surface area contributed by atoms with Crippen LogP contribution in [-0.4, -0.2) is 60.0 Å². The highest BCUT2D eigenvalue weighted by molar-refractivity contribution is 5.97. The fraction of sp³-hybridized carbons (Fsp3) is 0.783. The van der Waals surface area contributed by atoms with Gasteiger partial charge in [0, 0.05) is 19.5 Å². The lowest BCUT2D eigenvalue weighted by Crippen LogP contribution is -2.54. The van der Waals surface area contributed by atoms with Crippen LogP contribution in [0.5, 0.6) is 0 Å². The van der Waals surface area contributed by atoms with Gasteiger partial charge in [-0.25, -0.2) is 0 Å². The van der Waals surface area contributed by atoms with E-state index in [0.717, 1.165) is 25.7 Å². The largest absolute Gasteiger partial charge is 0.394 e. The average molecular weight is 422 g/mol. The predicted molar refractivity (Wildman–Crippen MR) is 116 cm³/mol. The third-order valence-electron chi connectivity index (χ3n) is 6.95. The molecule has 1 aliphatic heterocycles. The summed E-state index contributed by atoms with van der Waals surface area (Å²) in [5.74, 6) is -2.11. The molecule has 2 rings (SSSR count). The number of hydrogen-bond donors (Lipinski definition) is 3. The van der Waals surface area contributed by atoms with Crippen LogP contribution in [0.1, 0.15) is 53.4 Å². The third-order valence-corrected chi connectivity index (χ3v) is 6.95. The van der Waals surface area contributed by atoms with E-state index in [9.17, 15) is 19.5 Å². The number of nitrogens with one attached hydrogen (secondary N) is 2. The lowest BCUT2D eigenvalue weighted by Gasteiger charge is -2.36. The number of carbonyl (C=O) groups excluding carboxylic acids is 3. The van der Waals surface area contributed by atoms with Gasteiger partial charge in [0.1, 0.15) is 6.04 Å². The Bertz CT molecular complexity index is 650. The Morgan fingerprint density at radius 3 is 2.47 bits per heavy atom. The Labute approximate surface area is 180 Å². The second-order valence-corrected chi connectivity index (χ2v) is 8.81. The second-order valence-electron chi connectivity index (χ2n) is 8.81. The molecule has 0 aromatic heterocycles. The normalized spacial score (nSPS) is 30.0.